The molecule has 3 rings (SSSR count). The molecule has 1 atom stereocenters. The lowest BCUT2D eigenvalue weighted by atomic mass is 9.98. The van der Waals surface area contributed by atoms with Gasteiger partial charge in [-0.25, -0.2) is 0 Å². The second-order valence-electron chi connectivity index (χ2n) is 5.46. The normalized spacial score (nSPS) is 19.7. The molecule has 1 aromatic carbocycles. The molecule has 0 aromatic heterocycles. The maximum Gasteiger partial charge on any atom is 0.325 e. The van der Waals surface area contributed by atoms with Gasteiger partial charge in [0.25, 0.3) is 0 Å². The number of carboxylic acid groups (broad SMARTS) is 1. The first-order chi connectivity index (χ1) is 9.16. The zero-order chi connectivity index (χ0) is 13.4. The summed E-state index contributed by atoms with van der Waals surface area (Å²) in [6, 6.07) is 5.70. The smallest absolute Gasteiger partial charge is 0.325 e. The van der Waals surface area contributed by atoms with E-state index < -0.39 is 12.0 Å². The number of aryl methyl sites for hydroxylation is 1. The molecule has 0 radical (unpaired) electrons. The Morgan fingerprint density at radius 3 is 2.95 bits per heavy atom. The van der Waals surface area contributed by atoms with Crippen LogP contribution < -0.4 is 4.74 Å². The summed E-state index contributed by atoms with van der Waals surface area (Å²) in [6.45, 7) is 0.761. The number of hydrogen-bond donors (Lipinski definition) is 1. The van der Waals surface area contributed by atoms with E-state index in [1.807, 2.05) is 30.1 Å². The highest BCUT2D eigenvalue weighted by molar-refractivity contribution is 5.76. The first kappa shape index (κ1) is 12.5. The van der Waals surface area contributed by atoms with Gasteiger partial charge < -0.3 is 9.84 Å². The number of aliphatic carboxylic acids is 1. The highest BCUT2D eigenvalue weighted by Gasteiger charge is 2.35. The van der Waals surface area contributed by atoms with E-state index in [-0.39, 0.29) is 0 Å². The van der Waals surface area contributed by atoms with Gasteiger partial charge in [-0.3, -0.25) is 9.69 Å². The van der Waals surface area contributed by atoms with Crippen LogP contribution in [0.15, 0.2) is 18.2 Å². The summed E-state index contributed by atoms with van der Waals surface area (Å²) >= 11 is 0. The van der Waals surface area contributed by atoms with Gasteiger partial charge in [0.1, 0.15) is 11.8 Å². The molecule has 1 aliphatic heterocycles. The third kappa shape index (κ3) is 2.45. The Hall–Kier alpha value is -1.55. The second-order valence-corrected chi connectivity index (χ2v) is 5.46. The van der Waals surface area contributed by atoms with Gasteiger partial charge in [0.05, 0.1) is 6.61 Å². The summed E-state index contributed by atoms with van der Waals surface area (Å²) in [5, 5.41) is 9.50. The van der Waals surface area contributed by atoms with Crippen LogP contribution in [0, 0.1) is 0 Å². The zero-order valence-corrected chi connectivity index (χ0v) is 11.1. The molecule has 1 fully saturated rings. The largest absolute Gasteiger partial charge is 0.493 e. The van der Waals surface area contributed by atoms with E-state index in [0.29, 0.717) is 6.04 Å². The molecule has 0 saturated heterocycles. The molecule has 102 valence electrons. The third-order valence-corrected chi connectivity index (χ3v) is 4.01. The van der Waals surface area contributed by atoms with Gasteiger partial charge in [0.15, 0.2) is 0 Å². The zero-order valence-electron chi connectivity index (χ0n) is 11.1. The lowest BCUT2D eigenvalue weighted by Crippen LogP contribution is -2.32. The fourth-order valence-corrected chi connectivity index (χ4v) is 2.79. The quantitative estimate of drug-likeness (QED) is 0.903. The van der Waals surface area contributed by atoms with Gasteiger partial charge in [-0.2, -0.15) is 0 Å². The molecule has 1 unspecified atom stereocenters. The summed E-state index contributed by atoms with van der Waals surface area (Å²) in [5.74, 6) is 0.138. The summed E-state index contributed by atoms with van der Waals surface area (Å²) in [5.41, 5.74) is 2.00. The number of likely N-dealkylation sites (N-methyl/N-ethyl adjacent to an activating group) is 1. The topological polar surface area (TPSA) is 49.8 Å². The predicted octanol–water partition coefficient (Wildman–Crippen LogP) is 2.23. The Balaban J connectivity index is 1.91. The molecular formula is C15H19NO3. The van der Waals surface area contributed by atoms with Gasteiger partial charge in [0.2, 0.25) is 0 Å². The molecule has 1 N–H and O–H groups in total. The maximum absolute atomic E-state index is 11.6. The highest BCUT2D eigenvalue weighted by Crippen LogP contribution is 2.35. The molecule has 4 heteroatoms. The number of ether oxygens (including phenoxy) is 1. The molecule has 2 aliphatic rings. The Kier molecular flexibility index (Phi) is 3.19. The fraction of sp³-hybridized carbons (Fsp3) is 0.533. The number of rotatable bonds is 4. The van der Waals surface area contributed by atoms with Crippen molar-refractivity contribution in [3.63, 3.8) is 0 Å². The first-order valence-electron chi connectivity index (χ1n) is 6.87. The molecule has 1 aromatic rings. The van der Waals surface area contributed by atoms with Crippen molar-refractivity contribution in [2.45, 2.75) is 37.8 Å². The average molecular weight is 261 g/mol. The summed E-state index contributed by atoms with van der Waals surface area (Å²) in [4.78, 5) is 13.5. The van der Waals surface area contributed by atoms with Crippen molar-refractivity contribution in [3.8, 4) is 5.75 Å². The van der Waals surface area contributed by atoms with Crippen LogP contribution in [-0.2, 0) is 11.2 Å². The Morgan fingerprint density at radius 2 is 2.26 bits per heavy atom. The fourth-order valence-electron chi connectivity index (χ4n) is 2.79. The minimum atomic E-state index is -0.772. The van der Waals surface area contributed by atoms with E-state index in [0.717, 1.165) is 49.2 Å². The summed E-state index contributed by atoms with van der Waals surface area (Å²) < 4.78 is 5.58. The maximum atomic E-state index is 11.6. The van der Waals surface area contributed by atoms with Crippen LogP contribution in [0.4, 0.5) is 0 Å². The van der Waals surface area contributed by atoms with Crippen LogP contribution in [0.25, 0.3) is 0 Å². The SMILES string of the molecule is CN(C1CC1)C(C(=O)O)c1ccc2c(c1)CCCO2. The predicted molar refractivity (Wildman–Crippen MR) is 71.4 cm³/mol. The van der Waals surface area contributed by atoms with Gasteiger partial charge >= 0.3 is 5.97 Å². The van der Waals surface area contributed by atoms with Crippen LogP contribution in [0.3, 0.4) is 0 Å². The minimum absolute atomic E-state index is 0.424. The van der Waals surface area contributed by atoms with E-state index in [9.17, 15) is 9.90 Å². The molecule has 0 spiro atoms. The number of benzene rings is 1. The van der Waals surface area contributed by atoms with E-state index in [1.54, 1.807) is 0 Å². The van der Waals surface area contributed by atoms with Crippen LogP contribution in [0.1, 0.15) is 36.4 Å². The summed E-state index contributed by atoms with van der Waals surface area (Å²) in [6.07, 6.45) is 4.19. The highest BCUT2D eigenvalue weighted by atomic mass is 16.5. The first-order valence-corrected chi connectivity index (χ1v) is 6.87. The Morgan fingerprint density at radius 1 is 1.47 bits per heavy atom. The monoisotopic (exact) mass is 261 g/mol. The lowest BCUT2D eigenvalue weighted by Gasteiger charge is -2.26. The van der Waals surface area contributed by atoms with Crippen LogP contribution in [0.2, 0.25) is 0 Å². The molecule has 4 nitrogen and oxygen atoms in total. The number of hydrogen-bond acceptors (Lipinski definition) is 3. The van der Waals surface area contributed by atoms with E-state index >= 15 is 0 Å². The van der Waals surface area contributed by atoms with Crippen LogP contribution >= 0.6 is 0 Å². The molecule has 0 amide bonds. The van der Waals surface area contributed by atoms with Gasteiger partial charge in [-0.05, 0) is 56.0 Å². The van der Waals surface area contributed by atoms with Gasteiger partial charge in [0, 0.05) is 6.04 Å². The van der Waals surface area contributed by atoms with E-state index in [1.165, 1.54) is 0 Å². The van der Waals surface area contributed by atoms with Crippen molar-refractivity contribution in [1.82, 2.24) is 4.90 Å². The molecule has 1 heterocycles. The van der Waals surface area contributed by atoms with E-state index in [4.69, 9.17) is 4.74 Å². The molecule has 19 heavy (non-hydrogen) atoms. The van der Waals surface area contributed by atoms with Crippen molar-refractivity contribution in [2.24, 2.45) is 0 Å². The van der Waals surface area contributed by atoms with Crippen molar-refractivity contribution < 1.29 is 14.6 Å². The van der Waals surface area contributed by atoms with Crippen molar-refractivity contribution in [3.05, 3.63) is 29.3 Å². The van der Waals surface area contributed by atoms with Crippen molar-refractivity contribution in [1.29, 1.82) is 0 Å². The van der Waals surface area contributed by atoms with Crippen molar-refractivity contribution in [2.75, 3.05) is 13.7 Å². The summed E-state index contributed by atoms with van der Waals surface area (Å²) in [7, 11) is 1.91. The molecular weight excluding hydrogens is 242 g/mol. The second kappa shape index (κ2) is 4.85. The molecule has 1 saturated carbocycles. The Labute approximate surface area is 113 Å². The number of nitrogens with zero attached hydrogens (tertiary/aromatic N) is 1. The van der Waals surface area contributed by atoms with Crippen molar-refractivity contribution >= 4 is 5.97 Å². The molecule has 1 aliphatic carbocycles. The third-order valence-electron chi connectivity index (χ3n) is 4.01. The average Bonchev–Trinajstić information content (AvgIpc) is 3.22. The Bertz CT molecular complexity index is 496. The number of carboxylic acids is 1. The van der Waals surface area contributed by atoms with Gasteiger partial charge in [-0.15, -0.1) is 0 Å². The number of fused-ring (bicyclic) bond motifs is 1. The van der Waals surface area contributed by atoms with Gasteiger partial charge in [-0.1, -0.05) is 6.07 Å². The van der Waals surface area contributed by atoms with E-state index in [2.05, 4.69) is 0 Å². The number of carbonyl (C=O) groups is 1. The molecule has 0 bridgehead atoms. The minimum Gasteiger partial charge on any atom is -0.493 e. The van der Waals surface area contributed by atoms with Crippen LogP contribution in [-0.4, -0.2) is 35.7 Å². The standard InChI is InChI=1S/C15H19NO3/c1-16(12-5-6-12)14(15(17)18)11-4-7-13-10(9-11)3-2-8-19-13/h4,7,9,12,14H,2-3,5-6,8H2,1H3,(H,17,18). The van der Waals surface area contributed by atoms with Crippen LogP contribution in [0.5, 0.6) is 5.75 Å². The lowest BCUT2D eigenvalue weighted by molar-refractivity contribution is -0.143.